The third-order valence-electron chi connectivity index (χ3n) is 4.56. The van der Waals surface area contributed by atoms with Crippen molar-refractivity contribution in [2.45, 2.75) is 63.7 Å². The summed E-state index contributed by atoms with van der Waals surface area (Å²) in [6, 6.07) is 7.62. The molecule has 0 aliphatic heterocycles. The topological polar surface area (TPSA) is 37.3 Å². The molecule has 0 bridgehead atoms. The molecule has 0 heterocycles. The molecule has 1 aliphatic carbocycles. The number of carboxylic acids is 1. The molecule has 2 heteroatoms. The molecule has 104 valence electrons. The zero-order valence-corrected chi connectivity index (χ0v) is 11.8. The fraction of sp³-hybridized carbons (Fsp3) is 0.588. The molecule has 0 spiro atoms. The minimum atomic E-state index is -0.835. The Bertz CT molecular complexity index is 413. The molecule has 0 saturated heterocycles. The van der Waals surface area contributed by atoms with Crippen LogP contribution in [0.4, 0.5) is 0 Å². The van der Waals surface area contributed by atoms with Crippen molar-refractivity contribution in [3.63, 3.8) is 0 Å². The molecule has 1 saturated carbocycles. The van der Waals surface area contributed by atoms with Crippen LogP contribution in [-0.2, 0) is 5.41 Å². The highest BCUT2D eigenvalue weighted by Gasteiger charge is 2.33. The van der Waals surface area contributed by atoms with Crippen LogP contribution in [0.1, 0.15) is 74.2 Å². The zero-order chi connectivity index (χ0) is 13.7. The maximum atomic E-state index is 10.9. The van der Waals surface area contributed by atoms with Gasteiger partial charge in [-0.1, -0.05) is 51.2 Å². The second-order valence-electron chi connectivity index (χ2n) is 5.83. The van der Waals surface area contributed by atoms with E-state index >= 15 is 0 Å². The lowest BCUT2D eigenvalue weighted by Gasteiger charge is -2.38. The van der Waals surface area contributed by atoms with Gasteiger partial charge in [-0.15, -0.1) is 0 Å². The van der Waals surface area contributed by atoms with Crippen LogP contribution in [0.5, 0.6) is 0 Å². The Balaban J connectivity index is 2.24. The van der Waals surface area contributed by atoms with Crippen molar-refractivity contribution in [2.75, 3.05) is 0 Å². The number of aromatic carboxylic acids is 1. The molecule has 0 unspecified atom stereocenters. The van der Waals surface area contributed by atoms with Gasteiger partial charge in [-0.3, -0.25) is 0 Å². The monoisotopic (exact) mass is 260 g/mol. The molecule has 0 amide bonds. The molecular formula is C17H24O2. The first-order valence-corrected chi connectivity index (χ1v) is 7.52. The molecule has 1 fully saturated rings. The minimum absolute atomic E-state index is 0.311. The average molecular weight is 260 g/mol. The summed E-state index contributed by atoms with van der Waals surface area (Å²) in [6.07, 6.45) is 10.2. The Morgan fingerprint density at radius 3 is 2.32 bits per heavy atom. The van der Waals surface area contributed by atoms with Crippen LogP contribution in [0.15, 0.2) is 24.3 Å². The molecule has 2 nitrogen and oxygen atoms in total. The van der Waals surface area contributed by atoms with E-state index in [1.54, 1.807) is 12.1 Å². The second-order valence-corrected chi connectivity index (χ2v) is 5.83. The van der Waals surface area contributed by atoms with E-state index in [1.807, 2.05) is 12.1 Å². The quantitative estimate of drug-likeness (QED) is 0.827. The van der Waals surface area contributed by atoms with Crippen molar-refractivity contribution in [3.8, 4) is 0 Å². The zero-order valence-electron chi connectivity index (χ0n) is 11.8. The van der Waals surface area contributed by atoms with E-state index in [0.717, 1.165) is 0 Å². The number of carboxylic acid groups (broad SMARTS) is 1. The fourth-order valence-corrected chi connectivity index (χ4v) is 3.39. The Kier molecular flexibility index (Phi) is 4.62. The van der Waals surface area contributed by atoms with Gasteiger partial charge in [0, 0.05) is 0 Å². The third-order valence-corrected chi connectivity index (χ3v) is 4.56. The predicted octanol–water partition coefficient (Wildman–Crippen LogP) is 4.78. The van der Waals surface area contributed by atoms with Gasteiger partial charge in [0.05, 0.1) is 5.56 Å². The van der Waals surface area contributed by atoms with E-state index in [4.69, 9.17) is 5.11 Å². The van der Waals surface area contributed by atoms with Gasteiger partial charge in [0.25, 0.3) is 0 Å². The van der Waals surface area contributed by atoms with Crippen molar-refractivity contribution in [3.05, 3.63) is 35.4 Å². The van der Waals surface area contributed by atoms with Crippen molar-refractivity contribution in [2.24, 2.45) is 0 Å². The first-order valence-electron chi connectivity index (χ1n) is 7.52. The van der Waals surface area contributed by atoms with E-state index < -0.39 is 5.97 Å². The van der Waals surface area contributed by atoms with E-state index in [9.17, 15) is 4.79 Å². The standard InChI is InChI=1S/C17H24O2/c1-2-3-11-17(12-5-4-6-13-17)15-9-7-14(8-10-15)16(18)19/h7-10H,2-6,11-13H2,1H3,(H,18,19). The van der Waals surface area contributed by atoms with Crippen molar-refractivity contribution in [1.29, 1.82) is 0 Å². The summed E-state index contributed by atoms with van der Waals surface area (Å²) in [5.41, 5.74) is 2.06. The predicted molar refractivity (Wildman–Crippen MR) is 77.7 cm³/mol. The lowest BCUT2D eigenvalue weighted by molar-refractivity contribution is 0.0697. The largest absolute Gasteiger partial charge is 0.478 e. The summed E-state index contributed by atoms with van der Waals surface area (Å²) in [5.74, 6) is -0.835. The Morgan fingerprint density at radius 2 is 1.79 bits per heavy atom. The summed E-state index contributed by atoms with van der Waals surface area (Å²) in [4.78, 5) is 10.9. The number of hydrogen-bond donors (Lipinski definition) is 1. The molecule has 1 aliphatic rings. The summed E-state index contributed by atoms with van der Waals surface area (Å²) >= 11 is 0. The van der Waals surface area contributed by atoms with Gasteiger partial charge in [0.1, 0.15) is 0 Å². The molecular weight excluding hydrogens is 236 g/mol. The Labute approximate surface area is 115 Å². The fourth-order valence-electron chi connectivity index (χ4n) is 3.39. The summed E-state index contributed by atoms with van der Waals surface area (Å²) in [5, 5.41) is 8.99. The van der Waals surface area contributed by atoms with Crippen LogP contribution in [0.2, 0.25) is 0 Å². The van der Waals surface area contributed by atoms with Crippen LogP contribution in [0.3, 0.4) is 0 Å². The highest BCUT2D eigenvalue weighted by atomic mass is 16.4. The molecule has 0 atom stereocenters. The van der Waals surface area contributed by atoms with Gasteiger partial charge in [0.15, 0.2) is 0 Å². The number of benzene rings is 1. The Morgan fingerprint density at radius 1 is 1.16 bits per heavy atom. The number of unbranched alkanes of at least 4 members (excludes halogenated alkanes) is 1. The van der Waals surface area contributed by atoms with Crippen LogP contribution in [0.25, 0.3) is 0 Å². The minimum Gasteiger partial charge on any atom is -0.478 e. The first-order chi connectivity index (χ1) is 9.18. The van der Waals surface area contributed by atoms with Crippen LogP contribution in [0, 0.1) is 0 Å². The van der Waals surface area contributed by atoms with Gasteiger partial charge in [-0.25, -0.2) is 4.79 Å². The number of carbonyl (C=O) groups is 1. The lowest BCUT2D eigenvalue weighted by Crippen LogP contribution is -2.29. The van der Waals surface area contributed by atoms with E-state index in [1.165, 1.54) is 56.9 Å². The van der Waals surface area contributed by atoms with Crippen LogP contribution < -0.4 is 0 Å². The number of hydrogen-bond acceptors (Lipinski definition) is 1. The molecule has 1 N–H and O–H groups in total. The first kappa shape index (κ1) is 14.1. The molecule has 19 heavy (non-hydrogen) atoms. The van der Waals surface area contributed by atoms with Crippen molar-refractivity contribution in [1.82, 2.24) is 0 Å². The Hall–Kier alpha value is -1.31. The van der Waals surface area contributed by atoms with Crippen LogP contribution in [-0.4, -0.2) is 11.1 Å². The van der Waals surface area contributed by atoms with Gasteiger partial charge >= 0.3 is 5.97 Å². The van der Waals surface area contributed by atoms with Gasteiger partial charge in [0.2, 0.25) is 0 Å². The summed E-state index contributed by atoms with van der Waals surface area (Å²) in [7, 11) is 0. The van der Waals surface area contributed by atoms with E-state index in [0.29, 0.717) is 11.0 Å². The van der Waals surface area contributed by atoms with E-state index in [2.05, 4.69) is 6.92 Å². The summed E-state index contributed by atoms with van der Waals surface area (Å²) in [6.45, 7) is 2.24. The second kappa shape index (κ2) is 6.23. The van der Waals surface area contributed by atoms with Gasteiger partial charge in [-0.2, -0.15) is 0 Å². The normalized spacial score (nSPS) is 18.2. The van der Waals surface area contributed by atoms with Gasteiger partial charge < -0.3 is 5.11 Å². The maximum Gasteiger partial charge on any atom is 0.335 e. The van der Waals surface area contributed by atoms with Gasteiger partial charge in [-0.05, 0) is 42.4 Å². The SMILES string of the molecule is CCCCC1(c2ccc(C(=O)O)cc2)CCCCC1. The lowest BCUT2D eigenvalue weighted by atomic mass is 9.66. The summed E-state index contributed by atoms with van der Waals surface area (Å²) < 4.78 is 0. The van der Waals surface area contributed by atoms with Crippen molar-refractivity contribution < 1.29 is 9.90 Å². The molecule has 2 rings (SSSR count). The molecule has 1 aromatic rings. The maximum absolute atomic E-state index is 10.9. The molecule has 0 radical (unpaired) electrons. The number of rotatable bonds is 5. The highest BCUT2D eigenvalue weighted by Crippen LogP contribution is 2.43. The third kappa shape index (κ3) is 3.17. The van der Waals surface area contributed by atoms with Crippen molar-refractivity contribution >= 4 is 5.97 Å². The average Bonchev–Trinajstić information content (AvgIpc) is 2.46. The van der Waals surface area contributed by atoms with Crippen LogP contribution >= 0.6 is 0 Å². The smallest absolute Gasteiger partial charge is 0.335 e. The highest BCUT2D eigenvalue weighted by molar-refractivity contribution is 5.87. The van der Waals surface area contributed by atoms with E-state index in [-0.39, 0.29) is 0 Å². The molecule has 1 aromatic carbocycles. The molecule has 0 aromatic heterocycles.